The molecule has 2 heterocycles. The van der Waals surface area contributed by atoms with Gasteiger partial charge in [-0.3, -0.25) is 9.59 Å². The summed E-state index contributed by atoms with van der Waals surface area (Å²) in [7, 11) is 0. The van der Waals surface area contributed by atoms with E-state index in [1.807, 2.05) is 12.1 Å². The quantitative estimate of drug-likeness (QED) is 0.866. The van der Waals surface area contributed by atoms with E-state index in [4.69, 9.17) is 0 Å². The Morgan fingerprint density at radius 2 is 2.16 bits per heavy atom. The molecule has 2 amide bonds. The van der Waals surface area contributed by atoms with Gasteiger partial charge in [0.2, 0.25) is 11.8 Å². The summed E-state index contributed by atoms with van der Waals surface area (Å²) < 4.78 is 13.4. The van der Waals surface area contributed by atoms with Crippen molar-refractivity contribution in [3.63, 3.8) is 0 Å². The van der Waals surface area contributed by atoms with E-state index in [1.165, 1.54) is 30.8 Å². The zero-order valence-corrected chi connectivity index (χ0v) is 14.5. The lowest BCUT2D eigenvalue weighted by Gasteiger charge is -2.17. The lowest BCUT2D eigenvalue weighted by Crippen LogP contribution is -2.40. The van der Waals surface area contributed by atoms with Crippen molar-refractivity contribution in [1.82, 2.24) is 10.2 Å². The first-order valence-electron chi connectivity index (χ1n) is 8.22. The maximum atomic E-state index is 13.4. The third-order valence-corrected chi connectivity index (χ3v) is 5.88. The second-order valence-electron chi connectivity index (χ2n) is 6.41. The van der Waals surface area contributed by atoms with Gasteiger partial charge in [0, 0.05) is 24.9 Å². The van der Waals surface area contributed by atoms with Gasteiger partial charge in [0.25, 0.3) is 0 Å². The van der Waals surface area contributed by atoms with Crippen LogP contribution in [0.2, 0.25) is 0 Å². The number of thioether (sulfide) groups is 1. The molecule has 2 aromatic rings. The fourth-order valence-corrected chi connectivity index (χ4v) is 4.54. The average molecular weight is 359 g/mol. The smallest absolute Gasteiger partial charge is 0.227 e. The van der Waals surface area contributed by atoms with Gasteiger partial charge in [-0.25, -0.2) is 4.39 Å². The number of amides is 2. The number of benzene rings is 2. The summed E-state index contributed by atoms with van der Waals surface area (Å²) in [6.07, 6.45) is 0.692. The molecule has 0 saturated carbocycles. The molecule has 2 aliphatic rings. The summed E-state index contributed by atoms with van der Waals surface area (Å²) in [6.45, 7) is 2.64. The van der Waals surface area contributed by atoms with E-state index in [2.05, 4.69) is 10.6 Å². The van der Waals surface area contributed by atoms with Crippen LogP contribution in [0.1, 0.15) is 13.3 Å². The van der Waals surface area contributed by atoms with Crippen molar-refractivity contribution >= 4 is 40.0 Å². The minimum Gasteiger partial charge on any atom is -0.356 e. The van der Waals surface area contributed by atoms with Gasteiger partial charge in [-0.05, 0) is 35.4 Å². The molecule has 0 bridgehead atoms. The standard InChI is InChI=1S/C18H18FN3O2S/c1-10(23)22-7-6-12(9-22)17(24)21-18-20-15-5-2-11-8-13(19)3-4-14(11)16(15)25-18/h2-5,8,12,18,20H,6-7,9H2,1H3,(H,21,24). The lowest BCUT2D eigenvalue weighted by molar-refractivity contribution is -0.128. The summed E-state index contributed by atoms with van der Waals surface area (Å²) in [4.78, 5) is 26.6. The monoisotopic (exact) mass is 359 g/mol. The predicted molar refractivity (Wildman–Crippen MR) is 95.7 cm³/mol. The highest BCUT2D eigenvalue weighted by molar-refractivity contribution is 8.00. The van der Waals surface area contributed by atoms with Crippen LogP contribution < -0.4 is 10.6 Å². The van der Waals surface area contributed by atoms with E-state index in [0.717, 1.165) is 21.4 Å². The first-order valence-corrected chi connectivity index (χ1v) is 9.10. The topological polar surface area (TPSA) is 61.4 Å². The molecule has 2 aromatic carbocycles. The number of likely N-dealkylation sites (tertiary alicyclic amines) is 1. The number of fused-ring (bicyclic) bond motifs is 3. The molecule has 0 spiro atoms. The van der Waals surface area contributed by atoms with Crippen LogP contribution in [0.5, 0.6) is 0 Å². The zero-order chi connectivity index (χ0) is 17.6. The van der Waals surface area contributed by atoms with Crippen molar-refractivity contribution in [2.75, 3.05) is 18.4 Å². The van der Waals surface area contributed by atoms with Crippen LogP contribution >= 0.6 is 11.8 Å². The van der Waals surface area contributed by atoms with Crippen LogP contribution in [0.25, 0.3) is 10.8 Å². The van der Waals surface area contributed by atoms with E-state index in [9.17, 15) is 14.0 Å². The number of carbonyl (C=O) groups is 2. The summed E-state index contributed by atoms with van der Waals surface area (Å²) in [5.41, 5.74) is 0.677. The molecule has 2 atom stereocenters. The first kappa shape index (κ1) is 16.2. The lowest BCUT2D eigenvalue weighted by atomic mass is 10.1. The Hall–Kier alpha value is -2.28. The van der Waals surface area contributed by atoms with Crippen molar-refractivity contribution < 1.29 is 14.0 Å². The Bertz CT molecular complexity index is 873. The van der Waals surface area contributed by atoms with Gasteiger partial charge in [0.15, 0.2) is 5.50 Å². The van der Waals surface area contributed by atoms with Gasteiger partial charge >= 0.3 is 0 Å². The summed E-state index contributed by atoms with van der Waals surface area (Å²) in [5.74, 6) is -0.461. The second-order valence-corrected chi connectivity index (χ2v) is 7.52. The van der Waals surface area contributed by atoms with Crippen molar-refractivity contribution in [3.05, 3.63) is 36.1 Å². The SMILES string of the molecule is CC(=O)N1CCC(C(=O)NC2Nc3ccc4cc(F)ccc4c3S2)C1. The molecule has 0 radical (unpaired) electrons. The van der Waals surface area contributed by atoms with Crippen LogP contribution in [0, 0.1) is 11.7 Å². The number of halogens is 1. The molecule has 7 heteroatoms. The number of hydrogen-bond donors (Lipinski definition) is 2. The fourth-order valence-electron chi connectivity index (χ4n) is 3.37. The zero-order valence-electron chi connectivity index (χ0n) is 13.7. The third-order valence-electron chi connectivity index (χ3n) is 4.73. The molecule has 2 unspecified atom stereocenters. The molecule has 4 rings (SSSR count). The van der Waals surface area contributed by atoms with Crippen molar-refractivity contribution in [3.8, 4) is 0 Å². The van der Waals surface area contributed by atoms with Crippen LogP contribution in [0.15, 0.2) is 35.2 Å². The Morgan fingerprint density at radius 1 is 1.32 bits per heavy atom. The second kappa shape index (κ2) is 6.22. The minimum absolute atomic E-state index is 0.00905. The average Bonchev–Trinajstić information content (AvgIpc) is 3.21. The number of nitrogens with zero attached hydrogens (tertiary/aromatic N) is 1. The molecule has 130 valence electrons. The summed E-state index contributed by atoms with van der Waals surface area (Å²) >= 11 is 1.52. The van der Waals surface area contributed by atoms with Crippen LogP contribution in [-0.2, 0) is 9.59 Å². The van der Waals surface area contributed by atoms with Gasteiger partial charge in [0.05, 0.1) is 11.6 Å². The molecular formula is C18H18FN3O2S. The van der Waals surface area contributed by atoms with Gasteiger partial charge in [-0.1, -0.05) is 23.9 Å². The number of anilines is 1. The molecule has 25 heavy (non-hydrogen) atoms. The van der Waals surface area contributed by atoms with Crippen molar-refractivity contribution in [2.24, 2.45) is 5.92 Å². The molecular weight excluding hydrogens is 341 g/mol. The number of hydrogen-bond acceptors (Lipinski definition) is 4. The largest absolute Gasteiger partial charge is 0.356 e. The van der Waals surface area contributed by atoms with Crippen molar-refractivity contribution in [2.45, 2.75) is 23.7 Å². The highest BCUT2D eigenvalue weighted by atomic mass is 32.2. The highest BCUT2D eigenvalue weighted by Gasteiger charge is 2.32. The molecule has 2 N–H and O–H groups in total. The molecule has 0 aromatic heterocycles. The van der Waals surface area contributed by atoms with Gasteiger partial charge in [-0.2, -0.15) is 0 Å². The van der Waals surface area contributed by atoms with Crippen LogP contribution in [0.3, 0.4) is 0 Å². The molecule has 0 aliphatic carbocycles. The Morgan fingerprint density at radius 3 is 2.92 bits per heavy atom. The Labute approximate surface area is 148 Å². The number of carbonyl (C=O) groups excluding carboxylic acids is 2. The Balaban J connectivity index is 1.46. The van der Waals surface area contributed by atoms with Gasteiger partial charge < -0.3 is 15.5 Å². The number of nitrogens with one attached hydrogen (secondary N) is 2. The van der Waals surface area contributed by atoms with E-state index < -0.39 is 0 Å². The van der Waals surface area contributed by atoms with Gasteiger partial charge in [0.1, 0.15) is 5.82 Å². The fraction of sp³-hybridized carbons (Fsp3) is 0.333. The molecule has 1 fully saturated rings. The third kappa shape index (κ3) is 3.04. The predicted octanol–water partition coefficient (Wildman–Crippen LogP) is 2.76. The maximum Gasteiger partial charge on any atom is 0.227 e. The van der Waals surface area contributed by atoms with Gasteiger partial charge in [-0.15, -0.1) is 0 Å². The maximum absolute atomic E-state index is 13.4. The van der Waals surface area contributed by atoms with Crippen LogP contribution in [0.4, 0.5) is 10.1 Å². The van der Waals surface area contributed by atoms with Crippen LogP contribution in [-0.4, -0.2) is 35.3 Å². The van der Waals surface area contributed by atoms with E-state index in [1.54, 1.807) is 11.0 Å². The Kier molecular flexibility index (Phi) is 4.03. The van der Waals surface area contributed by atoms with E-state index in [-0.39, 0.29) is 29.0 Å². The van der Waals surface area contributed by atoms with E-state index in [0.29, 0.717) is 19.5 Å². The highest BCUT2D eigenvalue weighted by Crippen LogP contribution is 2.42. The first-order chi connectivity index (χ1) is 12.0. The summed E-state index contributed by atoms with van der Waals surface area (Å²) in [6, 6.07) is 8.50. The molecule has 1 saturated heterocycles. The van der Waals surface area contributed by atoms with E-state index >= 15 is 0 Å². The molecule has 2 aliphatic heterocycles. The molecule has 5 nitrogen and oxygen atoms in total. The number of rotatable bonds is 2. The minimum atomic E-state index is -0.260. The van der Waals surface area contributed by atoms with Crippen molar-refractivity contribution in [1.29, 1.82) is 0 Å². The summed E-state index contributed by atoms with van der Waals surface area (Å²) in [5, 5.41) is 8.10. The normalized spacial score (nSPS) is 21.9.